The molecule has 1 N–H and O–H groups in total. The molecule has 0 saturated carbocycles. The van der Waals surface area contributed by atoms with Crippen molar-refractivity contribution in [3.05, 3.63) is 23.8 Å². The second kappa shape index (κ2) is 5.74. The zero-order valence-corrected chi connectivity index (χ0v) is 9.06. The number of aromatic nitrogens is 2. The Bertz CT molecular complexity index is 374. The third kappa shape index (κ3) is 3.05. The number of anilines is 1. The van der Waals surface area contributed by atoms with Crippen LogP contribution in [0.2, 0.25) is 0 Å². The first kappa shape index (κ1) is 11.2. The Morgan fingerprint density at radius 2 is 2.27 bits per heavy atom. The van der Waals surface area contributed by atoms with E-state index in [1.165, 1.54) is 12.6 Å². The van der Waals surface area contributed by atoms with Crippen molar-refractivity contribution in [1.82, 2.24) is 9.97 Å². The van der Waals surface area contributed by atoms with Gasteiger partial charge in [-0.15, -0.1) is 0 Å². The van der Waals surface area contributed by atoms with Crippen molar-refractivity contribution in [2.45, 2.75) is 13.8 Å². The fraction of sp³-hybridized carbons (Fsp3) is 0.300. The maximum Gasteiger partial charge on any atom is 0.132 e. The molecule has 0 aliphatic carbocycles. The van der Waals surface area contributed by atoms with E-state index < -0.39 is 0 Å². The van der Waals surface area contributed by atoms with Crippen LogP contribution in [0.25, 0.3) is 6.08 Å². The van der Waals surface area contributed by atoms with Crippen LogP contribution in [0, 0.1) is 6.92 Å². The maximum absolute atomic E-state index is 4.82. The Morgan fingerprint density at radius 3 is 2.93 bits per heavy atom. The number of hydrogen-bond acceptors (Lipinski definition) is 5. The van der Waals surface area contributed by atoms with Gasteiger partial charge in [0.25, 0.3) is 0 Å². The summed E-state index contributed by atoms with van der Waals surface area (Å²) in [5, 5.41) is 6.57. The fourth-order valence-corrected chi connectivity index (χ4v) is 1.07. The molecule has 0 aliphatic heterocycles. The van der Waals surface area contributed by atoms with Crippen molar-refractivity contribution in [3.63, 3.8) is 0 Å². The van der Waals surface area contributed by atoms with E-state index >= 15 is 0 Å². The van der Waals surface area contributed by atoms with Gasteiger partial charge in [0.1, 0.15) is 18.4 Å². The summed E-state index contributed by atoms with van der Waals surface area (Å²) in [6.45, 7) is 3.72. The predicted molar refractivity (Wildman–Crippen MR) is 60.6 cm³/mol. The van der Waals surface area contributed by atoms with Crippen LogP contribution in [0.4, 0.5) is 5.82 Å². The topological polar surface area (TPSA) is 59.4 Å². The predicted octanol–water partition coefficient (Wildman–Crippen LogP) is 1.82. The highest BCUT2D eigenvalue weighted by atomic mass is 16.6. The Hall–Kier alpha value is -1.91. The molecule has 0 amide bonds. The molecule has 1 aromatic rings. The van der Waals surface area contributed by atoms with Crippen LogP contribution in [0.15, 0.2) is 17.7 Å². The summed E-state index contributed by atoms with van der Waals surface area (Å²) in [6.07, 6.45) is 6.29. The van der Waals surface area contributed by atoms with E-state index in [2.05, 4.69) is 20.4 Å². The third-order valence-corrected chi connectivity index (χ3v) is 1.81. The summed E-state index contributed by atoms with van der Waals surface area (Å²) in [5.41, 5.74) is 1.78. The quantitative estimate of drug-likeness (QED) is 0.463. The molecule has 5 nitrogen and oxygen atoms in total. The normalized spacial score (nSPS) is 11.1. The van der Waals surface area contributed by atoms with Gasteiger partial charge < -0.3 is 10.2 Å². The van der Waals surface area contributed by atoms with Crippen molar-refractivity contribution in [1.29, 1.82) is 0 Å². The SMILES string of the molecule is C/C=N/O/C=C/c1ncnc(NC)c1C. The molecule has 0 atom stereocenters. The lowest BCUT2D eigenvalue weighted by Gasteiger charge is -2.04. The molecule has 80 valence electrons. The average Bonchev–Trinajstić information content (AvgIpc) is 2.26. The first-order valence-corrected chi connectivity index (χ1v) is 4.59. The van der Waals surface area contributed by atoms with Gasteiger partial charge in [-0.25, -0.2) is 9.97 Å². The molecule has 1 aromatic heterocycles. The van der Waals surface area contributed by atoms with Gasteiger partial charge in [0.05, 0.1) is 5.69 Å². The summed E-state index contributed by atoms with van der Waals surface area (Å²) >= 11 is 0. The van der Waals surface area contributed by atoms with Crippen LogP contribution in [0.5, 0.6) is 0 Å². The van der Waals surface area contributed by atoms with Crippen LogP contribution in [-0.2, 0) is 4.84 Å². The Balaban J connectivity index is 2.81. The second-order valence-electron chi connectivity index (χ2n) is 2.75. The number of oxime groups is 1. The zero-order chi connectivity index (χ0) is 11.1. The van der Waals surface area contributed by atoms with Gasteiger partial charge in [-0.05, 0) is 13.8 Å². The number of nitrogens with one attached hydrogen (secondary N) is 1. The van der Waals surface area contributed by atoms with E-state index in [4.69, 9.17) is 4.84 Å². The summed E-state index contributed by atoms with van der Waals surface area (Å²) < 4.78 is 0. The standard InChI is InChI=1S/C10H14N4O/c1-4-14-15-6-5-9-8(2)10(11-3)13-7-12-9/h4-7H,1-3H3,(H,11,12,13)/b6-5+,14-4+. The molecule has 15 heavy (non-hydrogen) atoms. The molecule has 0 saturated heterocycles. The molecule has 0 aliphatic rings. The lowest BCUT2D eigenvalue weighted by molar-refractivity contribution is 0.273. The summed E-state index contributed by atoms with van der Waals surface area (Å²) in [6, 6.07) is 0. The Kier molecular flexibility index (Phi) is 4.28. The van der Waals surface area contributed by atoms with Gasteiger partial charge in [-0.2, -0.15) is 0 Å². The molecule has 0 unspecified atom stereocenters. The van der Waals surface area contributed by atoms with Crippen molar-refractivity contribution < 1.29 is 4.84 Å². The van der Waals surface area contributed by atoms with Crippen LogP contribution in [0.1, 0.15) is 18.2 Å². The minimum absolute atomic E-state index is 0.806. The van der Waals surface area contributed by atoms with Crippen LogP contribution < -0.4 is 5.32 Å². The molecular weight excluding hydrogens is 192 g/mol. The van der Waals surface area contributed by atoms with Gasteiger partial charge in [0, 0.05) is 24.9 Å². The van der Waals surface area contributed by atoms with Gasteiger partial charge in [0.2, 0.25) is 0 Å². The second-order valence-corrected chi connectivity index (χ2v) is 2.75. The van der Waals surface area contributed by atoms with E-state index in [1.807, 2.05) is 14.0 Å². The van der Waals surface area contributed by atoms with Crippen molar-refractivity contribution in [2.75, 3.05) is 12.4 Å². The molecular formula is C10H14N4O. The monoisotopic (exact) mass is 206 g/mol. The maximum atomic E-state index is 4.82. The summed E-state index contributed by atoms with van der Waals surface area (Å²) in [4.78, 5) is 13.0. The lowest BCUT2D eigenvalue weighted by atomic mass is 10.2. The van der Waals surface area contributed by atoms with E-state index in [0.29, 0.717) is 0 Å². The smallest absolute Gasteiger partial charge is 0.132 e. The van der Waals surface area contributed by atoms with Crippen molar-refractivity contribution >= 4 is 18.1 Å². The average molecular weight is 206 g/mol. The first-order valence-electron chi connectivity index (χ1n) is 4.59. The molecule has 0 spiro atoms. The highest BCUT2D eigenvalue weighted by Gasteiger charge is 2.01. The minimum Gasteiger partial charge on any atom is -0.373 e. The van der Waals surface area contributed by atoms with Crippen molar-refractivity contribution in [2.24, 2.45) is 5.16 Å². The lowest BCUT2D eigenvalue weighted by Crippen LogP contribution is -1.98. The van der Waals surface area contributed by atoms with Crippen LogP contribution >= 0.6 is 0 Å². The van der Waals surface area contributed by atoms with E-state index in [1.54, 1.807) is 19.2 Å². The molecule has 1 rings (SSSR count). The molecule has 1 heterocycles. The number of rotatable bonds is 4. The largest absolute Gasteiger partial charge is 0.373 e. The van der Waals surface area contributed by atoms with Crippen LogP contribution in [0.3, 0.4) is 0 Å². The highest BCUT2D eigenvalue weighted by molar-refractivity contribution is 5.56. The van der Waals surface area contributed by atoms with Crippen molar-refractivity contribution in [3.8, 4) is 0 Å². The number of nitrogens with zero attached hydrogens (tertiary/aromatic N) is 3. The van der Waals surface area contributed by atoms with Gasteiger partial charge in [-0.1, -0.05) is 5.16 Å². The fourth-order valence-electron chi connectivity index (χ4n) is 1.07. The van der Waals surface area contributed by atoms with Gasteiger partial charge >= 0.3 is 0 Å². The van der Waals surface area contributed by atoms with E-state index in [-0.39, 0.29) is 0 Å². The van der Waals surface area contributed by atoms with E-state index in [9.17, 15) is 0 Å². The third-order valence-electron chi connectivity index (χ3n) is 1.81. The molecule has 0 fully saturated rings. The first-order chi connectivity index (χ1) is 7.29. The van der Waals surface area contributed by atoms with Crippen LogP contribution in [-0.4, -0.2) is 23.2 Å². The molecule has 5 heteroatoms. The van der Waals surface area contributed by atoms with Gasteiger partial charge in [-0.3, -0.25) is 0 Å². The zero-order valence-electron chi connectivity index (χ0n) is 9.06. The minimum atomic E-state index is 0.806. The Morgan fingerprint density at radius 1 is 1.47 bits per heavy atom. The molecule has 0 aromatic carbocycles. The molecule has 0 radical (unpaired) electrons. The van der Waals surface area contributed by atoms with E-state index in [0.717, 1.165) is 17.1 Å². The summed E-state index contributed by atoms with van der Waals surface area (Å²) in [7, 11) is 1.82. The number of hydrogen-bond donors (Lipinski definition) is 1. The highest BCUT2D eigenvalue weighted by Crippen LogP contribution is 2.13. The molecule has 0 bridgehead atoms. The van der Waals surface area contributed by atoms with Gasteiger partial charge in [0.15, 0.2) is 0 Å². The summed E-state index contributed by atoms with van der Waals surface area (Å²) in [5.74, 6) is 0.809. The Labute approximate surface area is 88.9 Å².